The molecule has 0 saturated carbocycles. The summed E-state index contributed by atoms with van der Waals surface area (Å²) in [5.41, 5.74) is 2.95. The summed E-state index contributed by atoms with van der Waals surface area (Å²) >= 11 is 0. The second kappa shape index (κ2) is 7.85. The molecule has 1 fully saturated rings. The van der Waals surface area contributed by atoms with Gasteiger partial charge in [-0.2, -0.15) is 0 Å². The summed E-state index contributed by atoms with van der Waals surface area (Å²) in [5, 5.41) is 11.1. The van der Waals surface area contributed by atoms with Crippen molar-refractivity contribution in [3.05, 3.63) is 94.8 Å². The van der Waals surface area contributed by atoms with Crippen molar-refractivity contribution in [2.75, 3.05) is 6.79 Å². The summed E-state index contributed by atoms with van der Waals surface area (Å²) in [6.07, 6.45) is 3.29. The van der Waals surface area contributed by atoms with Crippen molar-refractivity contribution >= 4 is 17.4 Å². The zero-order valence-corrected chi connectivity index (χ0v) is 17.3. The first-order chi connectivity index (χ1) is 15.5. The maximum atomic E-state index is 13.1. The lowest BCUT2D eigenvalue weighted by atomic mass is 9.94. The number of aromatic nitrogens is 1. The van der Waals surface area contributed by atoms with Crippen molar-refractivity contribution in [3.63, 3.8) is 0 Å². The van der Waals surface area contributed by atoms with Gasteiger partial charge < -0.3 is 19.5 Å². The number of hydrogen-bond donors (Lipinski definition) is 1. The summed E-state index contributed by atoms with van der Waals surface area (Å²) < 4.78 is 10.9. The zero-order chi connectivity index (χ0) is 22.2. The molecule has 2 aliphatic rings. The van der Waals surface area contributed by atoms with Gasteiger partial charge in [0.05, 0.1) is 11.6 Å². The Bertz CT molecular complexity index is 1230. The third-order valence-corrected chi connectivity index (χ3v) is 5.65. The van der Waals surface area contributed by atoms with Crippen LogP contribution >= 0.6 is 0 Å². The largest absolute Gasteiger partial charge is 0.507 e. The molecule has 7 heteroatoms. The fourth-order valence-electron chi connectivity index (χ4n) is 4.03. The van der Waals surface area contributed by atoms with Crippen molar-refractivity contribution in [2.45, 2.75) is 19.5 Å². The van der Waals surface area contributed by atoms with E-state index in [2.05, 4.69) is 4.98 Å². The molecule has 1 unspecified atom stereocenters. The Kier molecular flexibility index (Phi) is 4.86. The van der Waals surface area contributed by atoms with E-state index in [4.69, 9.17) is 9.47 Å². The van der Waals surface area contributed by atoms with Gasteiger partial charge in [0.25, 0.3) is 11.7 Å². The SMILES string of the molecule is Cc1ccc(/C(O)=C2/C(=O)C(=O)N(Cc3cccnc3)C2c2ccc3c(c2)OCO3)cc1. The minimum Gasteiger partial charge on any atom is -0.507 e. The molecular weight excluding hydrogens is 408 g/mol. The number of fused-ring (bicyclic) bond motifs is 1. The lowest BCUT2D eigenvalue weighted by Crippen LogP contribution is -2.29. The third kappa shape index (κ3) is 3.37. The highest BCUT2D eigenvalue weighted by atomic mass is 16.7. The van der Waals surface area contributed by atoms with Crippen molar-refractivity contribution in [3.8, 4) is 11.5 Å². The van der Waals surface area contributed by atoms with Crippen LogP contribution in [0.2, 0.25) is 0 Å². The van der Waals surface area contributed by atoms with E-state index in [1.165, 1.54) is 4.90 Å². The summed E-state index contributed by atoms with van der Waals surface area (Å²) in [6, 6.07) is 15.2. The first-order valence-electron chi connectivity index (χ1n) is 10.2. The summed E-state index contributed by atoms with van der Waals surface area (Å²) in [6.45, 7) is 2.21. The third-order valence-electron chi connectivity index (χ3n) is 5.65. The number of ether oxygens (including phenoxy) is 2. The number of aryl methyl sites for hydroxylation is 1. The van der Waals surface area contributed by atoms with Gasteiger partial charge in [-0.1, -0.05) is 42.0 Å². The van der Waals surface area contributed by atoms with Crippen LogP contribution in [0.5, 0.6) is 11.5 Å². The topological polar surface area (TPSA) is 89.0 Å². The van der Waals surface area contributed by atoms with Gasteiger partial charge in [0.2, 0.25) is 6.79 Å². The van der Waals surface area contributed by atoms with Crippen LogP contribution in [0.4, 0.5) is 0 Å². The van der Waals surface area contributed by atoms with Gasteiger partial charge in [-0.25, -0.2) is 0 Å². The number of aliphatic hydroxyl groups excluding tert-OH is 1. The van der Waals surface area contributed by atoms with Gasteiger partial charge in [0.1, 0.15) is 5.76 Å². The predicted molar refractivity (Wildman–Crippen MR) is 116 cm³/mol. The molecule has 1 N–H and O–H groups in total. The van der Waals surface area contributed by atoms with Crippen LogP contribution in [0.3, 0.4) is 0 Å². The van der Waals surface area contributed by atoms with Crippen LogP contribution in [0, 0.1) is 6.92 Å². The van der Waals surface area contributed by atoms with E-state index in [0.29, 0.717) is 22.6 Å². The number of likely N-dealkylation sites (tertiary alicyclic amines) is 1. The Labute approximate surface area is 184 Å². The number of nitrogens with zero attached hydrogens (tertiary/aromatic N) is 2. The van der Waals surface area contributed by atoms with E-state index in [-0.39, 0.29) is 24.7 Å². The Balaban J connectivity index is 1.65. The minimum atomic E-state index is -0.786. The van der Waals surface area contributed by atoms with Crippen LogP contribution in [-0.4, -0.2) is 33.5 Å². The fourth-order valence-corrected chi connectivity index (χ4v) is 4.03. The molecular formula is C25H20N2O5. The number of carbonyl (C=O) groups excluding carboxylic acids is 2. The fraction of sp³-hybridized carbons (Fsp3) is 0.160. The van der Waals surface area contributed by atoms with Gasteiger partial charge in [-0.05, 0) is 36.2 Å². The molecule has 7 nitrogen and oxygen atoms in total. The Morgan fingerprint density at radius 3 is 2.62 bits per heavy atom. The van der Waals surface area contributed by atoms with Gasteiger partial charge >= 0.3 is 0 Å². The first-order valence-corrected chi connectivity index (χ1v) is 10.2. The molecule has 0 spiro atoms. The molecule has 5 rings (SSSR count). The molecule has 1 atom stereocenters. The van der Waals surface area contributed by atoms with E-state index in [1.807, 2.05) is 25.1 Å². The molecule has 1 saturated heterocycles. The molecule has 0 aliphatic carbocycles. The quantitative estimate of drug-likeness (QED) is 0.387. The number of amides is 1. The number of aliphatic hydroxyl groups is 1. The Hall–Kier alpha value is -4.13. The molecule has 2 aromatic carbocycles. The highest BCUT2D eigenvalue weighted by Crippen LogP contribution is 2.43. The number of pyridine rings is 1. The maximum Gasteiger partial charge on any atom is 0.295 e. The molecule has 2 aliphatic heterocycles. The minimum absolute atomic E-state index is 0.0432. The van der Waals surface area contributed by atoms with Crippen LogP contribution < -0.4 is 9.47 Å². The van der Waals surface area contributed by atoms with E-state index < -0.39 is 17.7 Å². The van der Waals surface area contributed by atoms with Crippen LogP contribution in [0.15, 0.2) is 72.6 Å². The highest BCUT2D eigenvalue weighted by Gasteiger charge is 2.46. The molecule has 3 heterocycles. The average molecular weight is 428 g/mol. The van der Waals surface area contributed by atoms with Crippen molar-refractivity contribution < 1.29 is 24.2 Å². The first kappa shape index (κ1) is 19.8. The highest BCUT2D eigenvalue weighted by molar-refractivity contribution is 6.46. The lowest BCUT2D eigenvalue weighted by molar-refractivity contribution is -0.140. The van der Waals surface area contributed by atoms with Crippen molar-refractivity contribution in [1.29, 1.82) is 0 Å². The summed E-state index contributed by atoms with van der Waals surface area (Å²) in [4.78, 5) is 31.8. The van der Waals surface area contributed by atoms with Crippen LogP contribution in [0.25, 0.3) is 5.76 Å². The lowest BCUT2D eigenvalue weighted by Gasteiger charge is -2.25. The number of rotatable bonds is 4. The Morgan fingerprint density at radius 2 is 1.88 bits per heavy atom. The molecule has 160 valence electrons. The molecule has 0 radical (unpaired) electrons. The Morgan fingerprint density at radius 1 is 1.09 bits per heavy atom. The monoisotopic (exact) mass is 428 g/mol. The zero-order valence-electron chi connectivity index (χ0n) is 17.3. The number of ketones is 1. The van der Waals surface area contributed by atoms with Gasteiger partial charge in [-0.15, -0.1) is 0 Å². The second-order valence-corrected chi connectivity index (χ2v) is 7.77. The van der Waals surface area contributed by atoms with Crippen LogP contribution in [-0.2, 0) is 16.1 Å². The maximum absolute atomic E-state index is 13.1. The molecule has 3 aromatic rings. The normalized spacial score (nSPS) is 18.9. The second-order valence-electron chi connectivity index (χ2n) is 7.77. The molecule has 1 amide bonds. The average Bonchev–Trinajstić information content (AvgIpc) is 3.37. The number of Topliss-reactive ketones (excluding diaryl/α,β-unsaturated/α-hetero) is 1. The molecule has 0 bridgehead atoms. The number of benzene rings is 2. The van der Waals surface area contributed by atoms with Crippen LogP contribution in [0.1, 0.15) is 28.3 Å². The van der Waals surface area contributed by atoms with Crippen molar-refractivity contribution in [2.24, 2.45) is 0 Å². The van der Waals surface area contributed by atoms with Gasteiger partial charge in [0, 0.05) is 24.5 Å². The summed E-state index contributed by atoms with van der Waals surface area (Å²) in [7, 11) is 0. The smallest absolute Gasteiger partial charge is 0.295 e. The molecule has 32 heavy (non-hydrogen) atoms. The van der Waals surface area contributed by atoms with E-state index in [9.17, 15) is 14.7 Å². The van der Waals surface area contributed by atoms with E-state index >= 15 is 0 Å². The predicted octanol–water partition coefficient (Wildman–Crippen LogP) is 3.74. The van der Waals surface area contributed by atoms with E-state index in [1.54, 1.807) is 48.8 Å². The van der Waals surface area contributed by atoms with Crippen molar-refractivity contribution in [1.82, 2.24) is 9.88 Å². The molecule has 1 aromatic heterocycles. The number of carbonyl (C=O) groups is 2. The van der Waals surface area contributed by atoms with Gasteiger partial charge in [-0.3, -0.25) is 14.6 Å². The summed E-state index contributed by atoms with van der Waals surface area (Å²) in [5.74, 6) is -0.485. The van der Waals surface area contributed by atoms with E-state index in [0.717, 1.165) is 11.1 Å². The standard InChI is InChI=1S/C25H20N2O5/c1-15-4-6-17(7-5-15)23(28)21-22(18-8-9-19-20(11-18)32-14-31-19)27(25(30)24(21)29)13-16-3-2-10-26-12-16/h2-12,22,28H,13-14H2,1H3/b23-21-. The number of hydrogen-bond acceptors (Lipinski definition) is 6. The van der Waals surface area contributed by atoms with Gasteiger partial charge in [0.15, 0.2) is 11.5 Å².